The summed E-state index contributed by atoms with van der Waals surface area (Å²) in [6.07, 6.45) is 2.10. The summed E-state index contributed by atoms with van der Waals surface area (Å²) in [6, 6.07) is 1.76. The second-order valence-electron chi connectivity index (χ2n) is 6.86. The molecule has 1 aliphatic rings. The molecule has 0 aromatic heterocycles. The van der Waals surface area contributed by atoms with Crippen molar-refractivity contribution >= 4 is 17.5 Å². The van der Waals surface area contributed by atoms with Gasteiger partial charge in [0.25, 0.3) is 0 Å². The third kappa shape index (κ3) is 5.20. The standard InChI is InChI=1S/C18H24F3N3O2/c1-24(2)10-9-22-17(25)11-3-5-12(6-4-11)18(26)23-14-8-7-13(19)15(20)16(14)21/h7-8,11-12H,3-6,9-10H2,1-2H3,(H,22,25)(H,23,26). The Kier molecular flexibility index (Phi) is 7.02. The van der Waals surface area contributed by atoms with Crippen LogP contribution in [0.1, 0.15) is 25.7 Å². The minimum absolute atomic E-state index is 0.0163. The lowest BCUT2D eigenvalue weighted by Gasteiger charge is -2.27. The molecule has 0 bridgehead atoms. The number of nitrogens with one attached hydrogen (secondary N) is 2. The summed E-state index contributed by atoms with van der Waals surface area (Å²) in [5.74, 6) is -5.30. The molecule has 1 aromatic rings. The van der Waals surface area contributed by atoms with Gasteiger partial charge < -0.3 is 15.5 Å². The minimum atomic E-state index is -1.61. The SMILES string of the molecule is CN(C)CCNC(=O)C1CCC(C(=O)Nc2ccc(F)c(F)c2F)CC1. The van der Waals surface area contributed by atoms with Crippen LogP contribution in [0.2, 0.25) is 0 Å². The fourth-order valence-electron chi connectivity index (χ4n) is 3.02. The van der Waals surface area contributed by atoms with Crippen LogP contribution in [-0.2, 0) is 9.59 Å². The van der Waals surface area contributed by atoms with Crippen LogP contribution in [-0.4, -0.2) is 43.9 Å². The van der Waals surface area contributed by atoms with Crippen molar-refractivity contribution in [2.45, 2.75) is 25.7 Å². The molecular formula is C18H24F3N3O2. The molecule has 1 aromatic carbocycles. The molecule has 0 radical (unpaired) electrons. The molecule has 0 aliphatic heterocycles. The first-order chi connectivity index (χ1) is 12.3. The van der Waals surface area contributed by atoms with E-state index in [1.807, 2.05) is 19.0 Å². The maximum absolute atomic E-state index is 13.6. The molecule has 0 heterocycles. The Balaban J connectivity index is 1.83. The molecule has 2 N–H and O–H groups in total. The third-order valence-electron chi connectivity index (χ3n) is 4.62. The zero-order valence-corrected chi connectivity index (χ0v) is 14.9. The molecule has 0 atom stereocenters. The summed E-state index contributed by atoms with van der Waals surface area (Å²) >= 11 is 0. The van der Waals surface area contributed by atoms with Crippen LogP contribution in [0.4, 0.5) is 18.9 Å². The molecule has 0 spiro atoms. The molecule has 144 valence electrons. The Morgan fingerprint density at radius 3 is 2.15 bits per heavy atom. The van der Waals surface area contributed by atoms with Crippen molar-refractivity contribution in [2.75, 3.05) is 32.5 Å². The number of hydrogen-bond acceptors (Lipinski definition) is 3. The van der Waals surface area contributed by atoms with E-state index >= 15 is 0 Å². The van der Waals surface area contributed by atoms with Crippen molar-refractivity contribution in [3.8, 4) is 0 Å². The predicted octanol–water partition coefficient (Wildman–Crippen LogP) is 2.53. The van der Waals surface area contributed by atoms with Crippen molar-refractivity contribution in [1.82, 2.24) is 10.2 Å². The van der Waals surface area contributed by atoms with Gasteiger partial charge in [-0.15, -0.1) is 0 Å². The smallest absolute Gasteiger partial charge is 0.227 e. The zero-order valence-electron chi connectivity index (χ0n) is 14.9. The van der Waals surface area contributed by atoms with Gasteiger partial charge in [-0.25, -0.2) is 13.2 Å². The number of halogens is 3. The monoisotopic (exact) mass is 371 g/mol. The highest BCUT2D eigenvalue weighted by molar-refractivity contribution is 5.93. The van der Waals surface area contributed by atoms with E-state index < -0.39 is 23.4 Å². The van der Waals surface area contributed by atoms with Gasteiger partial charge in [0.1, 0.15) is 0 Å². The molecule has 1 fully saturated rings. The Labute approximate surface area is 150 Å². The maximum Gasteiger partial charge on any atom is 0.227 e. The van der Waals surface area contributed by atoms with Gasteiger partial charge in [-0.05, 0) is 51.9 Å². The van der Waals surface area contributed by atoms with E-state index in [0.717, 1.165) is 18.7 Å². The van der Waals surface area contributed by atoms with Crippen LogP contribution in [0.5, 0.6) is 0 Å². The highest BCUT2D eigenvalue weighted by atomic mass is 19.2. The minimum Gasteiger partial charge on any atom is -0.355 e. The fourth-order valence-corrected chi connectivity index (χ4v) is 3.02. The van der Waals surface area contributed by atoms with Gasteiger partial charge in [-0.1, -0.05) is 0 Å². The summed E-state index contributed by atoms with van der Waals surface area (Å²) in [7, 11) is 3.84. The normalized spacial score (nSPS) is 20.1. The second kappa shape index (κ2) is 9.02. The topological polar surface area (TPSA) is 61.4 Å². The molecule has 5 nitrogen and oxygen atoms in total. The maximum atomic E-state index is 13.6. The Morgan fingerprint density at radius 1 is 1.00 bits per heavy atom. The molecule has 8 heteroatoms. The first-order valence-electron chi connectivity index (χ1n) is 8.66. The van der Waals surface area contributed by atoms with Gasteiger partial charge in [0.15, 0.2) is 17.5 Å². The van der Waals surface area contributed by atoms with Crippen molar-refractivity contribution in [1.29, 1.82) is 0 Å². The third-order valence-corrected chi connectivity index (χ3v) is 4.62. The van der Waals surface area contributed by atoms with Crippen LogP contribution in [0.25, 0.3) is 0 Å². The zero-order chi connectivity index (χ0) is 19.3. The molecule has 2 rings (SSSR count). The average molecular weight is 371 g/mol. The number of anilines is 1. The lowest BCUT2D eigenvalue weighted by Crippen LogP contribution is -2.38. The lowest BCUT2D eigenvalue weighted by molar-refractivity contribution is -0.128. The average Bonchev–Trinajstić information content (AvgIpc) is 2.62. The van der Waals surface area contributed by atoms with Crippen LogP contribution < -0.4 is 10.6 Å². The summed E-state index contributed by atoms with van der Waals surface area (Å²) < 4.78 is 39.8. The summed E-state index contributed by atoms with van der Waals surface area (Å²) in [5.41, 5.74) is -0.377. The molecule has 2 amide bonds. The van der Waals surface area contributed by atoms with Crippen LogP contribution in [0.15, 0.2) is 12.1 Å². The van der Waals surface area contributed by atoms with Crippen LogP contribution >= 0.6 is 0 Å². The number of hydrogen-bond donors (Lipinski definition) is 2. The van der Waals surface area contributed by atoms with Gasteiger partial charge in [0, 0.05) is 24.9 Å². The number of carbonyl (C=O) groups excluding carboxylic acids is 2. The van der Waals surface area contributed by atoms with E-state index in [2.05, 4.69) is 10.6 Å². The second-order valence-corrected chi connectivity index (χ2v) is 6.86. The van der Waals surface area contributed by atoms with Gasteiger partial charge >= 0.3 is 0 Å². The quantitative estimate of drug-likeness (QED) is 0.756. The van der Waals surface area contributed by atoms with Gasteiger partial charge in [0.05, 0.1) is 5.69 Å². The Morgan fingerprint density at radius 2 is 1.58 bits per heavy atom. The highest BCUT2D eigenvalue weighted by Crippen LogP contribution is 2.30. The van der Waals surface area contributed by atoms with E-state index in [-0.39, 0.29) is 23.4 Å². The van der Waals surface area contributed by atoms with Crippen LogP contribution in [0, 0.1) is 29.3 Å². The summed E-state index contributed by atoms with van der Waals surface area (Å²) in [6.45, 7) is 1.32. The van der Waals surface area contributed by atoms with Gasteiger partial charge in [-0.3, -0.25) is 9.59 Å². The first kappa shape index (κ1) is 20.2. The predicted molar refractivity (Wildman–Crippen MR) is 92.0 cm³/mol. The van der Waals surface area contributed by atoms with Crippen LogP contribution in [0.3, 0.4) is 0 Å². The fraction of sp³-hybridized carbons (Fsp3) is 0.556. The van der Waals surface area contributed by atoms with E-state index in [0.29, 0.717) is 32.2 Å². The number of benzene rings is 1. The summed E-state index contributed by atoms with van der Waals surface area (Å²) in [5, 5.41) is 5.19. The number of carbonyl (C=O) groups is 2. The summed E-state index contributed by atoms with van der Waals surface area (Å²) in [4.78, 5) is 26.3. The van der Waals surface area contributed by atoms with E-state index in [1.54, 1.807) is 0 Å². The number of likely N-dealkylation sites (N-methyl/N-ethyl adjacent to an activating group) is 1. The molecule has 1 aliphatic carbocycles. The van der Waals surface area contributed by atoms with Gasteiger partial charge in [-0.2, -0.15) is 0 Å². The highest BCUT2D eigenvalue weighted by Gasteiger charge is 2.30. The van der Waals surface area contributed by atoms with Crippen molar-refractivity contribution < 1.29 is 22.8 Å². The molecule has 0 saturated heterocycles. The van der Waals surface area contributed by atoms with E-state index in [4.69, 9.17) is 0 Å². The van der Waals surface area contributed by atoms with Gasteiger partial charge in [0.2, 0.25) is 11.8 Å². The molecular weight excluding hydrogens is 347 g/mol. The number of rotatable bonds is 6. The first-order valence-corrected chi connectivity index (χ1v) is 8.66. The Hall–Kier alpha value is -2.09. The lowest BCUT2D eigenvalue weighted by atomic mass is 9.81. The molecule has 1 saturated carbocycles. The van der Waals surface area contributed by atoms with Crippen molar-refractivity contribution in [3.05, 3.63) is 29.6 Å². The largest absolute Gasteiger partial charge is 0.355 e. The van der Waals surface area contributed by atoms with E-state index in [9.17, 15) is 22.8 Å². The Bertz CT molecular complexity index is 659. The number of amides is 2. The molecule has 0 unspecified atom stereocenters. The number of nitrogens with zero attached hydrogens (tertiary/aromatic N) is 1. The van der Waals surface area contributed by atoms with E-state index in [1.165, 1.54) is 0 Å². The van der Waals surface area contributed by atoms with Crippen molar-refractivity contribution in [2.24, 2.45) is 11.8 Å². The van der Waals surface area contributed by atoms with Crippen molar-refractivity contribution in [3.63, 3.8) is 0 Å². The molecule has 26 heavy (non-hydrogen) atoms.